The van der Waals surface area contributed by atoms with Crippen molar-refractivity contribution in [2.45, 2.75) is 0 Å². The number of rotatable bonds is 3. The second-order valence-electron chi connectivity index (χ2n) is 4.37. The van der Waals surface area contributed by atoms with Crippen LogP contribution in [0.25, 0.3) is 10.9 Å². The second kappa shape index (κ2) is 6.10. The summed E-state index contributed by atoms with van der Waals surface area (Å²) < 4.78 is 16.4. The number of nitrogens with zero attached hydrogens (tertiary/aromatic N) is 3. The summed E-state index contributed by atoms with van der Waals surface area (Å²) in [5.74, 6) is -0.888. The molecule has 0 saturated carbocycles. The van der Waals surface area contributed by atoms with Gasteiger partial charge in [-0.2, -0.15) is 0 Å². The third-order valence-electron chi connectivity index (χ3n) is 2.92. The first kappa shape index (κ1) is 15.1. The zero-order valence-corrected chi connectivity index (χ0v) is 14.4. The SMILES string of the molecule is O=[N+]([O-])c1cc2c([As]c3cccc(Br)c3)ncnc2cc1F. The van der Waals surface area contributed by atoms with Crippen LogP contribution < -0.4 is 8.83 Å². The molecule has 0 bridgehead atoms. The Hall–Kier alpha value is -1.85. The van der Waals surface area contributed by atoms with E-state index in [9.17, 15) is 14.5 Å². The first-order valence-corrected chi connectivity index (χ1v) is 8.77. The van der Waals surface area contributed by atoms with Gasteiger partial charge in [-0.05, 0) is 0 Å². The van der Waals surface area contributed by atoms with E-state index in [1.54, 1.807) is 0 Å². The van der Waals surface area contributed by atoms with Crippen LogP contribution in [0.1, 0.15) is 0 Å². The summed E-state index contributed by atoms with van der Waals surface area (Å²) in [4.78, 5) is 18.4. The Balaban J connectivity index is 2.13. The Bertz CT molecular complexity index is 891. The number of hydrogen-bond donors (Lipinski definition) is 0. The average Bonchev–Trinajstić information content (AvgIpc) is 2.46. The van der Waals surface area contributed by atoms with E-state index in [2.05, 4.69) is 25.9 Å². The predicted octanol–water partition coefficient (Wildman–Crippen LogP) is 2.09. The van der Waals surface area contributed by atoms with Crippen LogP contribution in [0.15, 0.2) is 47.2 Å². The molecule has 0 N–H and O–H groups in total. The molecule has 0 amide bonds. The number of nitro groups is 1. The third-order valence-corrected chi connectivity index (χ3v) is 5.73. The molecular formula is C14H7AsBrFN3O2. The zero-order chi connectivity index (χ0) is 15.7. The second-order valence-corrected chi connectivity index (χ2v) is 7.72. The molecular weight excluding hydrogens is 416 g/mol. The molecule has 22 heavy (non-hydrogen) atoms. The minimum absolute atomic E-state index is 0.374. The number of hydrogen-bond acceptors (Lipinski definition) is 4. The number of aromatic nitrogens is 2. The molecule has 0 atom stereocenters. The molecule has 2 aromatic carbocycles. The summed E-state index contributed by atoms with van der Waals surface area (Å²) in [5.41, 5.74) is -0.183. The molecule has 3 rings (SSSR count). The van der Waals surface area contributed by atoms with E-state index in [-0.39, 0.29) is 0 Å². The standard InChI is InChI=1S/C14H7AsBrFN3O2/c16-9-3-1-2-8(4-9)15-14-10-5-13(20(21)22)11(17)6-12(10)18-7-19-14/h1-7H. The van der Waals surface area contributed by atoms with Crippen molar-refractivity contribution in [3.05, 3.63) is 63.1 Å². The van der Waals surface area contributed by atoms with Crippen LogP contribution >= 0.6 is 15.9 Å². The van der Waals surface area contributed by atoms with Gasteiger partial charge in [0.25, 0.3) is 0 Å². The summed E-state index contributed by atoms with van der Waals surface area (Å²) >= 11 is 2.92. The van der Waals surface area contributed by atoms with Gasteiger partial charge < -0.3 is 0 Å². The van der Waals surface area contributed by atoms with Crippen molar-refractivity contribution in [3.8, 4) is 0 Å². The molecule has 1 radical (unpaired) electrons. The van der Waals surface area contributed by atoms with Gasteiger partial charge in [0, 0.05) is 0 Å². The van der Waals surface area contributed by atoms with Crippen LogP contribution in [0.4, 0.5) is 10.1 Å². The van der Waals surface area contributed by atoms with Crippen LogP contribution in [0.3, 0.4) is 0 Å². The van der Waals surface area contributed by atoms with Crippen molar-refractivity contribution < 1.29 is 9.31 Å². The topological polar surface area (TPSA) is 68.9 Å². The van der Waals surface area contributed by atoms with Crippen molar-refractivity contribution >= 4 is 57.1 Å². The maximum absolute atomic E-state index is 13.7. The van der Waals surface area contributed by atoms with Crippen LogP contribution in [0.5, 0.6) is 0 Å². The number of nitro benzene ring substituents is 1. The van der Waals surface area contributed by atoms with Gasteiger partial charge in [0.15, 0.2) is 0 Å². The van der Waals surface area contributed by atoms with Gasteiger partial charge in [0.1, 0.15) is 0 Å². The fourth-order valence-corrected chi connectivity index (χ4v) is 4.87. The van der Waals surface area contributed by atoms with Gasteiger partial charge in [-0.1, -0.05) is 0 Å². The molecule has 0 spiro atoms. The third kappa shape index (κ3) is 3.00. The fourth-order valence-electron chi connectivity index (χ4n) is 1.95. The van der Waals surface area contributed by atoms with Crippen molar-refractivity contribution in [2.24, 2.45) is 0 Å². The van der Waals surface area contributed by atoms with Gasteiger partial charge in [-0.3, -0.25) is 0 Å². The molecule has 0 aliphatic carbocycles. The summed E-state index contributed by atoms with van der Waals surface area (Å²) in [6.45, 7) is 0. The summed E-state index contributed by atoms with van der Waals surface area (Å²) in [5, 5.41) is 11.4. The van der Waals surface area contributed by atoms with Gasteiger partial charge in [0.2, 0.25) is 0 Å². The van der Waals surface area contributed by atoms with Crippen molar-refractivity contribution in [1.29, 1.82) is 0 Å². The minimum atomic E-state index is -0.888. The van der Waals surface area contributed by atoms with Crippen molar-refractivity contribution in [1.82, 2.24) is 9.97 Å². The monoisotopic (exact) mass is 422 g/mol. The van der Waals surface area contributed by atoms with E-state index >= 15 is 0 Å². The van der Waals surface area contributed by atoms with Crippen LogP contribution in [-0.2, 0) is 0 Å². The van der Waals surface area contributed by atoms with Gasteiger partial charge >= 0.3 is 140 Å². The molecule has 8 heteroatoms. The molecule has 109 valence electrons. The zero-order valence-electron chi connectivity index (χ0n) is 10.9. The molecule has 0 saturated heterocycles. The quantitative estimate of drug-likeness (QED) is 0.368. The van der Waals surface area contributed by atoms with E-state index in [1.165, 1.54) is 12.4 Å². The predicted molar refractivity (Wildman–Crippen MR) is 85.3 cm³/mol. The van der Waals surface area contributed by atoms with E-state index in [1.807, 2.05) is 24.3 Å². The van der Waals surface area contributed by atoms with Gasteiger partial charge in [-0.25, -0.2) is 0 Å². The summed E-state index contributed by atoms with van der Waals surface area (Å²) in [6.07, 6.45) is 1.36. The molecule has 0 aliphatic rings. The Kier molecular flexibility index (Phi) is 4.18. The first-order chi connectivity index (χ1) is 10.5. The van der Waals surface area contributed by atoms with Gasteiger partial charge in [-0.15, -0.1) is 0 Å². The average molecular weight is 423 g/mol. The Morgan fingerprint density at radius 2 is 2.05 bits per heavy atom. The van der Waals surface area contributed by atoms with E-state index < -0.39 is 32.2 Å². The van der Waals surface area contributed by atoms with E-state index in [0.717, 1.165) is 14.9 Å². The fraction of sp³-hybridized carbons (Fsp3) is 0. The van der Waals surface area contributed by atoms with Crippen molar-refractivity contribution in [3.63, 3.8) is 0 Å². The molecule has 0 unspecified atom stereocenters. The van der Waals surface area contributed by atoms with Crippen LogP contribution in [-0.4, -0.2) is 30.6 Å². The normalized spacial score (nSPS) is 11.4. The molecule has 0 fully saturated rings. The van der Waals surface area contributed by atoms with E-state index in [4.69, 9.17) is 0 Å². The Morgan fingerprint density at radius 3 is 2.77 bits per heavy atom. The molecule has 0 aliphatic heterocycles. The Morgan fingerprint density at radius 1 is 1.23 bits per heavy atom. The van der Waals surface area contributed by atoms with Crippen LogP contribution in [0, 0.1) is 15.9 Å². The number of halogens is 2. The Labute approximate surface area is 139 Å². The van der Waals surface area contributed by atoms with E-state index in [0.29, 0.717) is 15.4 Å². The summed E-state index contributed by atoms with van der Waals surface area (Å²) in [6, 6.07) is 10.1. The number of benzene rings is 2. The van der Waals surface area contributed by atoms with Gasteiger partial charge in [0.05, 0.1) is 0 Å². The first-order valence-electron chi connectivity index (χ1n) is 6.10. The summed E-state index contributed by atoms with van der Waals surface area (Å²) in [7, 11) is 0. The molecule has 1 heterocycles. The molecule has 5 nitrogen and oxygen atoms in total. The number of fused-ring (bicyclic) bond motifs is 1. The molecule has 1 aromatic heterocycles. The van der Waals surface area contributed by atoms with Crippen molar-refractivity contribution in [2.75, 3.05) is 0 Å². The maximum atomic E-state index is 13.7. The van der Waals surface area contributed by atoms with Crippen LogP contribution in [0.2, 0.25) is 0 Å². The molecule has 3 aromatic rings.